The van der Waals surface area contributed by atoms with Gasteiger partial charge in [-0.15, -0.1) is 0 Å². The molecular formula is C86H56N4. The smallest absolute Gasteiger partial charge is 0.0548 e. The number of rotatable bonds is 7. The molecule has 4 heteroatoms. The van der Waals surface area contributed by atoms with Crippen LogP contribution in [0.15, 0.2) is 340 Å². The summed E-state index contributed by atoms with van der Waals surface area (Å²) in [5.41, 5.74) is 19.5. The molecule has 0 spiro atoms. The highest BCUT2D eigenvalue weighted by atomic mass is 15.0. The highest BCUT2D eigenvalue weighted by Gasteiger charge is 2.22. The highest BCUT2D eigenvalue weighted by Crippen LogP contribution is 2.46. The fourth-order valence-electron chi connectivity index (χ4n) is 14.8. The number of nitrogens with zero attached hydrogens (tertiary/aromatic N) is 4. The maximum atomic E-state index is 2.44. The van der Waals surface area contributed by atoms with Gasteiger partial charge in [0.05, 0.1) is 33.1 Å². The molecule has 19 aromatic rings. The normalized spacial score (nSPS) is 11.8. The van der Waals surface area contributed by atoms with Crippen molar-refractivity contribution in [3.05, 3.63) is 340 Å². The quantitative estimate of drug-likeness (QED) is 0.142. The van der Waals surface area contributed by atoms with E-state index < -0.39 is 0 Å². The van der Waals surface area contributed by atoms with Crippen molar-refractivity contribution in [1.82, 2.24) is 18.3 Å². The van der Waals surface area contributed by atoms with Gasteiger partial charge in [0.1, 0.15) is 0 Å². The Morgan fingerprint density at radius 1 is 0.178 bits per heavy atom. The van der Waals surface area contributed by atoms with Crippen LogP contribution in [0.2, 0.25) is 0 Å². The molecule has 0 saturated heterocycles. The Balaban J connectivity index is 0.000000135. The van der Waals surface area contributed by atoms with Gasteiger partial charge in [0.2, 0.25) is 0 Å². The molecule has 0 bridgehead atoms. The van der Waals surface area contributed by atoms with E-state index in [2.05, 4.69) is 358 Å². The van der Waals surface area contributed by atoms with Gasteiger partial charge in [0.25, 0.3) is 0 Å². The van der Waals surface area contributed by atoms with Crippen molar-refractivity contribution >= 4 is 109 Å². The second-order valence-corrected chi connectivity index (χ2v) is 23.5. The lowest BCUT2D eigenvalue weighted by molar-refractivity contribution is 1.13. The summed E-state index contributed by atoms with van der Waals surface area (Å²) in [6, 6.07) is 119. The van der Waals surface area contributed by atoms with Crippen molar-refractivity contribution in [2.75, 3.05) is 0 Å². The molecule has 0 aliphatic rings. The Bertz CT molecular complexity index is 5890. The minimum Gasteiger partial charge on any atom is -0.317 e. The van der Waals surface area contributed by atoms with E-state index in [0.717, 1.165) is 11.4 Å². The maximum Gasteiger partial charge on any atom is 0.0548 e. The third kappa shape index (κ3) is 8.09. The molecule has 0 aliphatic carbocycles. The zero-order chi connectivity index (χ0) is 59.2. The standard InChI is InChI=1S/C46H30N2.C40H26N2/c1-3-14-31(15-4-1)44-35-20-7-9-22-37(35)45(38-23-10-8-21-36(38)44)32-16-13-19-34(30-32)48-42-25-12-11-24-39(42)46-40-28-29-47(33-17-5-2-6-18-33)41(40)26-27-43(46)48;1-2-12-30(13-3-1)41-25-24-35-36(41)22-23-38-40(35)34-16-8-9-17-37(34)42(38)31-20-18-27(19-21-31)39-32-14-6-4-10-28(32)26-29-11-5-7-15-33(29)39/h1-30H;1-26H. The molecule has 0 aliphatic heterocycles. The Morgan fingerprint density at radius 3 is 1.02 bits per heavy atom. The van der Waals surface area contributed by atoms with E-state index >= 15 is 0 Å². The van der Waals surface area contributed by atoms with Gasteiger partial charge in [-0.25, -0.2) is 0 Å². The van der Waals surface area contributed by atoms with Crippen LogP contribution in [0.4, 0.5) is 0 Å². The molecule has 4 heterocycles. The first kappa shape index (κ1) is 51.3. The third-order valence-corrected chi connectivity index (χ3v) is 18.7. The van der Waals surface area contributed by atoms with Crippen LogP contribution in [0.1, 0.15) is 0 Å². The van der Waals surface area contributed by atoms with Crippen molar-refractivity contribution in [1.29, 1.82) is 0 Å². The van der Waals surface area contributed by atoms with Crippen molar-refractivity contribution in [2.45, 2.75) is 0 Å². The summed E-state index contributed by atoms with van der Waals surface area (Å²) >= 11 is 0. The Kier molecular flexibility index (Phi) is 11.9. The summed E-state index contributed by atoms with van der Waals surface area (Å²) in [6.07, 6.45) is 4.39. The van der Waals surface area contributed by atoms with Gasteiger partial charge in [-0.05, 0) is 180 Å². The summed E-state index contributed by atoms with van der Waals surface area (Å²) in [4.78, 5) is 0. The number of hydrogen-bond donors (Lipinski definition) is 0. The van der Waals surface area contributed by atoms with Crippen LogP contribution in [-0.4, -0.2) is 18.3 Å². The average Bonchev–Trinajstić information content (AvgIpc) is 1.44. The lowest BCUT2D eigenvalue weighted by Crippen LogP contribution is -1.96. The van der Waals surface area contributed by atoms with E-state index in [9.17, 15) is 0 Å². The predicted octanol–water partition coefficient (Wildman–Crippen LogP) is 23.1. The molecule has 19 rings (SSSR count). The molecule has 0 saturated carbocycles. The molecule has 0 radical (unpaired) electrons. The van der Waals surface area contributed by atoms with Gasteiger partial charge in [0.15, 0.2) is 0 Å². The molecule has 4 nitrogen and oxygen atoms in total. The fraction of sp³-hybridized carbons (Fsp3) is 0. The summed E-state index contributed by atoms with van der Waals surface area (Å²) in [7, 11) is 0. The molecule has 4 aromatic heterocycles. The van der Waals surface area contributed by atoms with Crippen LogP contribution in [0.25, 0.3) is 165 Å². The molecule has 15 aromatic carbocycles. The second kappa shape index (κ2) is 20.9. The van der Waals surface area contributed by atoms with Gasteiger partial charge in [-0.3, -0.25) is 0 Å². The molecule has 0 amide bonds. The third-order valence-electron chi connectivity index (χ3n) is 18.7. The largest absolute Gasteiger partial charge is 0.317 e. The van der Waals surface area contributed by atoms with E-state index in [-0.39, 0.29) is 0 Å². The highest BCUT2D eigenvalue weighted by molar-refractivity contribution is 6.24. The Labute approximate surface area is 519 Å². The first-order valence-electron chi connectivity index (χ1n) is 31.0. The van der Waals surface area contributed by atoms with Crippen LogP contribution in [0, 0.1) is 0 Å². The van der Waals surface area contributed by atoms with Crippen molar-refractivity contribution in [3.8, 4) is 56.1 Å². The first-order chi connectivity index (χ1) is 44.7. The first-order valence-corrected chi connectivity index (χ1v) is 31.0. The molecule has 0 fully saturated rings. The lowest BCUT2D eigenvalue weighted by Gasteiger charge is -2.18. The van der Waals surface area contributed by atoms with Gasteiger partial charge in [-0.2, -0.15) is 0 Å². The minimum atomic E-state index is 1.15. The number of fused-ring (bicyclic) bond motifs is 14. The van der Waals surface area contributed by atoms with E-state index in [1.807, 2.05) is 0 Å². The zero-order valence-electron chi connectivity index (χ0n) is 49.1. The van der Waals surface area contributed by atoms with Crippen LogP contribution in [-0.2, 0) is 0 Å². The van der Waals surface area contributed by atoms with Crippen LogP contribution < -0.4 is 0 Å². The van der Waals surface area contributed by atoms with Gasteiger partial charge < -0.3 is 18.3 Å². The van der Waals surface area contributed by atoms with E-state index in [0.29, 0.717) is 0 Å². The molecular weight excluding hydrogens is 1090 g/mol. The molecule has 0 atom stereocenters. The van der Waals surface area contributed by atoms with Crippen LogP contribution >= 0.6 is 0 Å². The Morgan fingerprint density at radius 2 is 0.522 bits per heavy atom. The summed E-state index contributed by atoms with van der Waals surface area (Å²) in [5.74, 6) is 0. The van der Waals surface area contributed by atoms with Crippen molar-refractivity contribution in [2.24, 2.45) is 0 Å². The molecule has 420 valence electrons. The van der Waals surface area contributed by atoms with Crippen molar-refractivity contribution < 1.29 is 0 Å². The van der Waals surface area contributed by atoms with Crippen LogP contribution in [0.5, 0.6) is 0 Å². The zero-order valence-corrected chi connectivity index (χ0v) is 49.1. The van der Waals surface area contributed by atoms with E-state index in [1.165, 1.54) is 153 Å². The SMILES string of the molecule is c1ccc(-c2c3ccccc3c(-c3cccc(-n4c5ccccc5c5c6ccn(-c7ccccc7)c6ccc54)c3)c3ccccc23)cc1.c1ccc(-n2ccc3c4c5ccccc5n(-c5ccc(-c6c7ccccc7cc7ccccc67)cc5)c4ccc32)cc1. The molecule has 90 heavy (non-hydrogen) atoms. The lowest BCUT2D eigenvalue weighted by atomic mass is 9.86. The van der Waals surface area contributed by atoms with Gasteiger partial charge in [0, 0.05) is 67.5 Å². The number of para-hydroxylation sites is 4. The number of hydrogen-bond acceptors (Lipinski definition) is 0. The fourth-order valence-corrected chi connectivity index (χ4v) is 14.8. The monoisotopic (exact) mass is 1140 g/mol. The van der Waals surface area contributed by atoms with Crippen LogP contribution in [0.3, 0.4) is 0 Å². The number of benzene rings is 15. The predicted molar refractivity (Wildman–Crippen MR) is 382 cm³/mol. The van der Waals surface area contributed by atoms with Gasteiger partial charge in [-0.1, -0.05) is 224 Å². The molecule has 0 N–H and O–H groups in total. The summed E-state index contributed by atoms with van der Waals surface area (Å²) in [6.45, 7) is 0. The van der Waals surface area contributed by atoms with Gasteiger partial charge >= 0.3 is 0 Å². The minimum absolute atomic E-state index is 1.15. The second-order valence-electron chi connectivity index (χ2n) is 23.5. The summed E-state index contributed by atoms with van der Waals surface area (Å²) < 4.78 is 9.42. The number of aromatic nitrogens is 4. The maximum absolute atomic E-state index is 2.44. The van der Waals surface area contributed by atoms with E-state index in [4.69, 9.17) is 0 Å². The topological polar surface area (TPSA) is 19.7 Å². The molecule has 0 unspecified atom stereocenters. The van der Waals surface area contributed by atoms with Crippen molar-refractivity contribution in [3.63, 3.8) is 0 Å². The Hall–Kier alpha value is -12.0. The average molecular weight is 1150 g/mol. The summed E-state index contributed by atoms with van der Waals surface area (Å²) in [5, 5.41) is 17.8. The van der Waals surface area contributed by atoms with E-state index in [1.54, 1.807) is 0 Å².